The maximum absolute atomic E-state index is 3.69. The zero-order chi connectivity index (χ0) is 13.1. The number of piperazine rings is 1. The summed E-state index contributed by atoms with van der Waals surface area (Å²) in [6, 6.07) is 3.26. The first-order valence-electron chi connectivity index (χ1n) is 6.79. The number of hydrogen-bond donors (Lipinski definition) is 1. The zero-order valence-corrected chi connectivity index (χ0v) is 12.8. The van der Waals surface area contributed by atoms with Gasteiger partial charge in [-0.25, -0.2) is 0 Å². The largest absolute Gasteiger partial charge is 0.308 e. The summed E-state index contributed by atoms with van der Waals surface area (Å²) in [5.74, 6) is 0. The summed E-state index contributed by atoms with van der Waals surface area (Å²) in [7, 11) is 4.48. The Morgan fingerprint density at radius 2 is 2.22 bits per heavy atom. The second-order valence-corrected chi connectivity index (χ2v) is 6.26. The van der Waals surface area contributed by atoms with Gasteiger partial charge in [0.2, 0.25) is 0 Å². The highest BCUT2D eigenvalue weighted by Crippen LogP contribution is 2.29. The third-order valence-electron chi connectivity index (χ3n) is 3.89. The van der Waals surface area contributed by atoms with Crippen molar-refractivity contribution in [3.05, 3.63) is 21.9 Å². The fourth-order valence-electron chi connectivity index (χ4n) is 2.73. The molecule has 0 aliphatic carbocycles. The highest BCUT2D eigenvalue weighted by atomic mass is 32.1. The Kier molecular flexibility index (Phi) is 4.78. The SMILES string of the molecule is CCNC(c1sccc1C)C1CN(C)CCN1C. The Balaban J connectivity index is 2.21. The van der Waals surface area contributed by atoms with Crippen molar-refractivity contribution >= 4 is 11.3 Å². The molecule has 1 aromatic heterocycles. The van der Waals surface area contributed by atoms with Gasteiger partial charge in [0.1, 0.15) is 0 Å². The standard InChI is InChI=1S/C14H25N3S/c1-5-15-13(14-11(2)6-9-18-14)12-10-16(3)7-8-17(12)4/h6,9,12-13,15H,5,7-8,10H2,1-4H3. The molecule has 0 amide bonds. The molecule has 4 heteroatoms. The molecule has 18 heavy (non-hydrogen) atoms. The molecule has 0 radical (unpaired) electrons. The summed E-state index contributed by atoms with van der Waals surface area (Å²) in [5.41, 5.74) is 1.42. The van der Waals surface area contributed by atoms with Crippen LogP contribution in [0, 0.1) is 6.92 Å². The van der Waals surface area contributed by atoms with E-state index in [4.69, 9.17) is 0 Å². The molecule has 0 aromatic carbocycles. The lowest BCUT2D eigenvalue weighted by molar-refractivity contribution is 0.0888. The van der Waals surface area contributed by atoms with Crippen LogP contribution in [0.25, 0.3) is 0 Å². The van der Waals surface area contributed by atoms with Crippen molar-refractivity contribution in [2.45, 2.75) is 25.9 Å². The molecule has 2 rings (SSSR count). The summed E-state index contributed by atoms with van der Waals surface area (Å²) < 4.78 is 0. The van der Waals surface area contributed by atoms with Gasteiger partial charge >= 0.3 is 0 Å². The number of likely N-dealkylation sites (N-methyl/N-ethyl adjacent to an activating group) is 3. The van der Waals surface area contributed by atoms with E-state index in [9.17, 15) is 0 Å². The van der Waals surface area contributed by atoms with Gasteiger partial charge in [-0.3, -0.25) is 4.90 Å². The van der Waals surface area contributed by atoms with Crippen molar-refractivity contribution in [1.29, 1.82) is 0 Å². The van der Waals surface area contributed by atoms with Crippen LogP contribution in [0.4, 0.5) is 0 Å². The van der Waals surface area contributed by atoms with E-state index in [2.05, 4.69) is 54.5 Å². The molecule has 1 N–H and O–H groups in total. The van der Waals surface area contributed by atoms with Crippen molar-refractivity contribution < 1.29 is 0 Å². The van der Waals surface area contributed by atoms with Crippen molar-refractivity contribution in [3.63, 3.8) is 0 Å². The van der Waals surface area contributed by atoms with Crippen LogP contribution >= 0.6 is 11.3 Å². The number of thiophene rings is 1. The first-order valence-corrected chi connectivity index (χ1v) is 7.67. The topological polar surface area (TPSA) is 18.5 Å². The molecule has 102 valence electrons. The predicted molar refractivity (Wildman–Crippen MR) is 79.4 cm³/mol. The van der Waals surface area contributed by atoms with Crippen LogP contribution < -0.4 is 5.32 Å². The second kappa shape index (κ2) is 6.15. The number of nitrogens with one attached hydrogen (secondary N) is 1. The van der Waals surface area contributed by atoms with Crippen LogP contribution in [0.1, 0.15) is 23.4 Å². The zero-order valence-electron chi connectivity index (χ0n) is 11.9. The van der Waals surface area contributed by atoms with E-state index in [-0.39, 0.29) is 0 Å². The fraction of sp³-hybridized carbons (Fsp3) is 0.714. The molecule has 1 fully saturated rings. The molecule has 1 saturated heterocycles. The smallest absolute Gasteiger partial charge is 0.0587 e. The lowest BCUT2D eigenvalue weighted by Gasteiger charge is -2.42. The Morgan fingerprint density at radius 1 is 1.44 bits per heavy atom. The summed E-state index contributed by atoms with van der Waals surface area (Å²) in [5, 5.41) is 5.90. The van der Waals surface area contributed by atoms with Gasteiger partial charge in [-0.2, -0.15) is 0 Å². The average Bonchev–Trinajstić information content (AvgIpc) is 2.76. The third-order valence-corrected chi connectivity index (χ3v) is 4.99. The van der Waals surface area contributed by atoms with E-state index in [1.807, 2.05) is 11.3 Å². The first kappa shape index (κ1) is 14.0. The Bertz CT molecular complexity index is 377. The quantitative estimate of drug-likeness (QED) is 0.899. The number of nitrogens with zero attached hydrogens (tertiary/aromatic N) is 2. The molecular weight excluding hydrogens is 242 g/mol. The number of rotatable bonds is 4. The van der Waals surface area contributed by atoms with Crippen LogP contribution in [-0.4, -0.2) is 56.1 Å². The minimum Gasteiger partial charge on any atom is -0.308 e. The van der Waals surface area contributed by atoms with Crippen molar-refractivity contribution in [2.24, 2.45) is 0 Å². The van der Waals surface area contributed by atoms with Gasteiger partial charge in [0.05, 0.1) is 6.04 Å². The maximum atomic E-state index is 3.69. The summed E-state index contributed by atoms with van der Waals surface area (Å²) in [6.07, 6.45) is 0. The number of hydrogen-bond acceptors (Lipinski definition) is 4. The highest BCUT2D eigenvalue weighted by Gasteiger charge is 2.31. The highest BCUT2D eigenvalue weighted by molar-refractivity contribution is 7.10. The Labute approximate surface area is 115 Å². The molecular formula is C14H25N3S. The maximum Gasteiger partial charge on any atom is 0.0587 e. The Morgan fingerprint density at radius 3 is 2.83 bits per heavy atom. The lowest BCUT2D eigenvalue weighted by Crippen LogP contribution is -2.55. The summed E-state index contributed by atoms with van der Waals surface area (Å²) in [6.45, 7) is 8.93. The third kappa shape index (κ3) is 2.94. The molecule has 0 saturated carbocycles. The van der Waals surface area contributed by atoms with Gasteiger partial charge in [-0.05, 0) is 44.6 Å². The molecule has 3 nitrogen and oxygen atoms in total. The minimum absolute atomic E-state index is 0.461. The van der Waals surface area contributed by atoms with Crippen LogP contribution in [0.3, 0.4) is 0 Å². The molecule has 0 spiro atoms. The van der Waals surface area contributed by atoms with Gasteiger partial charge in [0.15, 0.2) is 0 Å². The van der Waals surface area contributed by atoms with Gasteiger partial charge in [-0.15, -0.1) is 11.3 Å². The summed E-state index contributed by atoms with van der Waals surface area (Å²) >= 11 is 1.89. The van der Waals surface area contributed by atoms with Gasteiger partial charge < -0.3 is 10.2 Å². The first-order chi connectivity index (χ1) is 8.63. The van der Waals surface area contributed by atoms with E-state index < -0.39 is 0 Å². The average molecular weight is 267 g/mol. The van der Waals surface area contributed by atoms with Crippen molar-refractivity contribution in [3.8, 4) is 0 Å². The van der Waals surface area contributed by atoms with Crippen molar-refractivity contribution in [2.75, 3.05) is 40.3 Å². The molecule has 2 unspecified atom stereocenters. The molecule has 2 atom stereocenters. The molecule has 1 aliphatic rings. The molecule has 2 heterocycles. The Hall–Kier alpha value is -0.420. The summed E-state index contributed by atoms with van der Waals surface area (Å²) in [4.78, 5) is 6.45. The molecule has 1 aliphatic heterocycles. The minimum atomic E-state index is 0.461. The number of aryl methyl sites for hydroxylation is 1. The molecule has 0 bridgehead atoms. The lowest BCUT2D eigenvalue weighted by atomic mass is 10.00. The van der Waals surface area contributed by atoms with E-state index in [1.54, 1.807) is 0 Å². The van der Waals surface area contributed by atoms with E-state index >= 15 is 0 Å². The van der Waals surface area contributed by atoms with Gasteiger partial charge in [0.25, 0.3) is 0 Å². The second-order valence-electron chi connectivity index (χ2n) is 5.31. The monoisotopic (exact) mass is 267 g/mol. The molecule has 1 aromatic rings. The van der Waals surface area contributed by atoms with Crippen LogP contribution in [-0.2, 0) is 0 Å². The normalized spacial score (nSPS) is 24.3. The van der Waals surface area contributed by atoms with Gasteiger partial charge in [-0.1, -0.05) is 6.92 Å². The van der Waals surface area contributed by atoms with Crippen LogP contribution in [0.2, 0.25) is 0 Å². The van der Waals surface area contributed by atoms with Crippen LogP contribution in [0.15, 0.2) is 11.4 Å². The van der Waals surface area contributed by atoms with E-state index in [0.717, 1.165) is 19.6 Å². The van der Waals surface area contributed by atoms with E-state index in [1.165, 1.54) is 17.0 Å². The fourth-order valence-corrected chi connectivity index (χ4v) is 3.79. The van der Waals surface area contributed by atoms with E-state index in [0.29, 0.717) is 12.1 Å². The van der Waals surface area contributed by atoms with Gasteiger partial charge in [0, 0.05) is 30.6 Å². The van der Waals surface area contributed by atoms with Crippen LogP contribution in [0.5, 0.6) is 0 Å². The van der Waals surface area contributed by atoms with Crippen molar-refractivity contribution in [1.82, 2.24) is 15.1 Å². The predicted octanol–water partition coefficient (Wildman–Crippen LogP) is 1.95.